The molecule has 27 heavy (non-hydrogen) atoms. The third-order valence-electron chi connectivity index (χ3n) is 4.76. The van der Waals surface area contributed by atoms with Crippen molar-refractivity contribution >= 4 is 39.6 Å². The quantitative estimate of drug-likeness (QED) is 0.579. The van der Waals surface area contributed by atoms with Crippen molar-refractivity contribution in [2.75, 3.05) is 5.32 Å². The molecule has 0 radical (unpaired) electrons. The SMILES string of the molecule is CC1(c2cccc(F)c2)C(=O)Nc2sc(Cl)c(-c3ccc(F)cc3)c2C1=O. The van der Waals surface area contributed by atoms with Gasteiger partial charge in [-0.2, -0.15) is 0 Å². The molecule has 1 aliphatic rings. The number of hydrogen-bond acceptors (Lipinski definition) is 3. The lowest BCUT2D eigenvalue weighted by Gasteiger charge is -2.31. The summed E-state index contributed by atoms with van der Waals surface area (Å²) in [5.74, 6) is -1.98. The second kappa shape index (κ2) is 6.25. The van der Waals surface area contributed by atoms with Crippen LogP contribution in [0.15, 0.2) is 48.5 Å². The van der Waals surface area contributed by atoms with Gasteiger partial charge in [0.25, 0.3) is 0 Å². The van der Waals surface area contributed by atoms with E-state index in [1.165, 1.54) is 55.5 Å². The summed E-state index contributed by atoms with van der Waals surface area (Å²) in [5, 5.41) is 3.06. The molecule has 1 atom stereocenters. The van der Waals surface area contributed by atoms with E-state index in [1.807, 2.05) is 0 Å². The van der Waals surface area contributed by atoms with Gasteiger partial charge in [-0.1, -0.05) is 35.9 Å². The number of halogens is 3. The van der Waals surface area contributed by atoms with E-state index >= 15 is 0 Å². The number of carbonyl (C=O) groups excluding carboxylic acids is 2. The zero-order valence-corrected chi connectivity index (χ0v) is 15.5. The maximum atomic E-state index is 13.7. The molecular weight excluding hydrogens is 392 g/mol. The number of fused-ring (bicyclic) bond motifs is 1. The first kappa shape index (κ1) is 17.8. The Kier molecular flexibility index (Phi) is 4.13. The van der Waals surface area contributed by atoms with Crippen LogP contribution in [0.3, 0.4) is 0 Å². The summed E-state index contributed by atoms with van der Waals surface area (Å²) >= 11 is 7.42. The van der Waals surface area contributed by atoms with Crippen molar-refractivity contribution in [2.45, 2.75) is 12.3 Å². The molecule has 0 saturated heterocycles. The third-order valence-corrected chi connectivity index (χ3v) is 6.08. The Balaban J connectivity index is 1.93. The molecule has 1 aliphatic heterocycles. The molecule has 0 saturated carbocycles. The van der Waals surface area contributed by atoms with Gasteiger partial charge in [-0.05, 0) is 42.3 Å². The molecule has 3 aromatic rings. The van der Waals surface area contributed by atoms with Gasteiger partial charge in [-0.15, -0.1) is 11.3 Å². The second-order valence-electron chi connectivity index (χ2n) is 6.38. The van der Waals surface area contributed by atoms with E-state index in [1.54, 1.807) is 0 Å². The molecule has 0 aliphatic carbocycles. The van der Waals surface area contributed by atoms with Crippen molar-refractivity contribution in [3.63, 3.8) is 0 Å². The third kappa shape index (κ3) is 2.67. The number of benzene rings is 2. The number of amides is 1. The van der Waals surface area contributed by atoms with Crippen molar-refractivity contribution in [1.82, 2.24) is 0 Å². The van der Waals surface area contributed by atoms with Crippen LogP contribution >= 0.6 is 22.9 Å². The second-order valence-corrected chi connectivity index (χ2v) is 8.00. The normalized spacial score (nSPS) is 19.0. The average Bonchev–Trinajstić information content (AvgIpc) is 2.96. The van der Waals surface area contributed by atoms with Crippen LogP contribution in [-0.4, -0.2) is 11.7 Å². The first-order valence-corrected chi connectivity index (χ1v) is 9.22. The van der Waals surface area contributed by atoms with Gasteiger partial charge in [-0.3, -0.25) is 9.59 Å². The fraction of sp³-hybridized carbons (Fsp3) is 0.100. The van der Waals surface area contributed by atoms with Gasteiger partial charge in [0.05, 0.1) is 5.56 Å². The number of ketones is 1. The number of Topliss-reactive ketones (excluding diaryl/α,β-unsaturated/α-hetero) is 1. The standard InChI is InChI=1S/C20H12ClF2NO2S/c1-20(11-3-2-4-13(23)9-11)16(25)15-14(10-5-7-12(22)8-6-10)17(21)27-18(15)24-19(20)26/h2-9H,1H3,(H,24,26). The predicted molar refractivity (Wildman–Crippen MR) is 101 cm³/mol. The number of carbonyl (C=O) groups is 2. The van der Waals surface area contributed by atoms with Crippen LogP contribution in [0.2, 0.25) is 4.34 Å². The van der Waals surface area contributed by atoms with E-state index in [0.29, 0.717) is 20.5 Å². The van der Waals surface area contributed by atoms with E-state index < -0.39 is 28.7 Å². The van der Waals surface area contributed by atoms with Crippen LogP contribution in [-0.2, 0) is 10.2 Å². The first-order chi connectivity index (χ1) is 12.8. The lowest BCUT2D eigenvalue weighted by molar-refractivity contribution is -0.119. The van der Waals surface area contributed by atoms with Gasteiger partial charge in [0.1, 0.15) is 26.4 Å². The van der Waals surface area contributed by atoms with E-state index in [2.05, 4.69) is 5.32 Å². The zero-order chi connectivity index (χ0) is 19.3. The van der Waals surface area contributed by atoms with Gasteiger partial charge in [0.2, 0.25) is 5.91 Å². The highest BCUT2D eigenvalue weighted by atomic mass is 35.5. The minimum absolute atomic E-state index is 0.253. The summed E-state index contributed by atoms with van der Waals surface area (Å²) in [4.78, 5) is 26.2. The summed E-state index contributed by atoms with van der Waals surface area (Å²) in [6.07, 6.45) is 0. The van der Waals surface area contributed by atoms with Crippen molar-refractivity contribution < 1.29 is 18.4 Å². The van der Waals surface area contributed by atoms with Crippen LogP contribution in [0, 0.1) is 11.6 Å². The molecule has 3 nitrogen and oxygen atoms in total. The summed E-state index contributed by atoms with van der Waals surface area (Å²) in [6, 6.07) is 11.0. The number of nitrogens with one attached hydrogen (secondary N) is 1. The Morgan fingerprint density at radius 2 is 1.70 bits per heavy atom. The molecule has 0 fully saturated rings. The molecule has 1 N–H and O–H groups in total. The fourth-order valence-electron chi connectivity index (χ4n) is 3.23. The maximum absolute atomic E-state index is 13.7. The number of hydrogen-bond donors (Lipinski definition) is 1. The van der Waals surface area contributed by atoms with E-state index in [4.69, 9.17) is 11.6 Å². The Hall–Kier alpha value is -2.57. The molecule has 1 aromatic heterocycles. The van der Waals surface area contributed by atoms with Gasteiger partial charge in [0, 0.05) is 5.56 Å². The monoisotopic (exact) mass is 403 g/mol. The predicted octanol–water partition coefficient (Wildman–Crippen LogP) is 5.44. The van der Waals surface area contributed by atoms with Crippen LogP contribution in [0.5, 0.6) is 0 Å². The lowest BCUT2D eigenvalue weighted by atomic mass is 9.73. The Labute approximate surface area is 162 Å². The number of anilines is 1. The zero-order valence-electron chi connectivity index (χ0n) is 14.0. The Morgan fingerprint density at radius 1 is 1.00 bits per heavy atom. The van der Waals surface area contributed by atoms with Crippen molar-refractivity contribution in [1.29, 1.82) is 0 Å². The van der Waals surface area contributed by atoms with Crippen LogP contribution in [0.25, 0.3) is 11.1 Å². The Morgan fingerprint density at radius 3 is 2.37 bits per heavy atom. The number of thiophene rings is 1. The molecule has 0 bridgehead atoms. The summed E-state index contributed by atoms with van der Waals surface area (Å²) in [5.41, 5.74) is -0.103. The molecule has 2 aromatic carbocycles. The molecule has 136 valence electrons. The molecule has 4 rings (SSSR count). The van der Waals surface area contributed by atoms with Gasteiger partial charge in [0.15, 0.2) is 5.78 Å². The van der Waals surface area contributed by atoms with E-state index in [-0.39, 0.29) is 11.1 Å². The van der Waals surface area contributed by atoms with Crippen molar-refractivity contribution in [3.05, 3.63) is 75.6 Å². The van der Waals surface area contributed by atoms with E-state index in [0.717, 1.165) is 11.3 Å². The minimum Gasteiger partial charge on any atom is -0.316 e. The lowest BCUT2D eigenvalue weighted by Crippen LogP contribution is -2.48. The fourth-order valence-corrected chi connectivity index (χ4v) is 4.60. The molecule has 2 heterocycles. The van der Waals surface area contributed by atoms with Crippen molar-refractivity contribution in [3.8, 4) is 11.1 Å². The minimum atomic E-state index is -1.60. The molecule has 0 spiro atoms. The first-order valence-electron chi connectivity index (χ1n) is 8.03. The number of rotatable bonds is 2. The molecular formula is C20H12ClF2NO2S. The summed E-state index contributed by atoms with van der Waals surface area (Å²) in [7, 11) is 0. The highest BCUT2D eigenvalue weighted by Crippen LogP contribution is 2.49. The maximum Gasteiger partial charge on any atom is 0.243 e. The largest absolute Gasteiger partial charge is 0.316 e. The Bertz CT molecular complexity index is 1090. The summed E-state index contributed by atoms with van der Waals surface area (Å²) < 4.78 is 27.3. The molecule has 7 heteroatoms. The van der Waals surface area contributed by atoms with Gasteiger partial charge in [-0.25, -0.2) is 8.78 Å². The highest BCUT2D eigenvalue weighted by Gasteiger charge is 2.49. The topological polar surface area (TPSA) is 46.2 Å². The molecule has 1 unspecified atom stereocenters. The van der Waals surface area contributed by atoms with Crippen molar-refractivity contribution in [2.24, 2.45) is 0 Å². The van der Waals surface area contributed by atoms with Gasteiger partial charge >= 0.3 is 0 Å². The molecule has 1 amide bonds. The summed E-state index contributed by atoms with van der Waals surface area (Å²) in [6.45, 7) is 1.46. The van der Waals surface area contributed by atoms with Gasteiger partial charge < -0.3 is 5.32 Å². The highest BCUT2D eigenvalue weighted by molar-refractivity contribution is 7.21. The average molecular weight is 404 g/mol. The smallest absolute Gasteiger partial charge is 0.243 e. The van der Waals surface area contributed by atoms with E-state index in [9.17, 15) is 18.4 Å². The van der Waals surface area contributed by atoms with Crippen LogP contribution < -0.4 is 5.32 Å². The van der Waals surface area contributed by atoms with Crippen LogP contribution in [0.1, 0.15) is 22.8 Å². The van der Waals surface area contributed by atoms with Crippen LogP contribution in [0.4, 0.5) is 13.8 Å².